The van der Waals surface area contributed by atoms with Crippen LogP contribution in [0.4, 0.5) is 0 Å². The van der Waals surface area contributed by atoms with Crippen LogP contribution in [0.1, 0.15) is 39.3 Å². The van der Waals surface area contributed by atoms with Crippen molar-refractivity contribution in [3.63, 3.8) is 0 Å². The first-order valence-corrected chi connectivity index (χ1v) is 9.30. The number of nitrogens with zero attached hydrogens (tertiary/aromatic N) is 4. The van der Waals surface area contributed by atoms with E-state index in [2.05, 4.69) is 35.3 Å². The number of aromatic nitrogens is 3. The Morgan fingerprint density at radius 1 is 1.29 bits per heavy atom. The fourth-order valence-electron chi connectivity index (χ4n) is 2.59. The summed E-state index contributed by atoms with van der Waals surface area (Å²) in [4.78, 5) is 23.4. The molecule has 1 amide bonds. The van der Waals surface area contributed by atoms with Gasteiger partial charge in [-0.1, -0.05) is 17.8 Å². The van der Waals surface area contributed by atoms with Crippen LogP contribution in [-0.4, -0.2) is 37.1 Å². The fourth-order valence-corrected chi connectivity index (χ4v) is 3.62. The molecule has 0 atom stereocenters. The molecule has 0 unspecified atom stereocenters. The Morgan fingerprint density at radius 3 is 2.71 bits per heavy atom. The van der Waals surface area contributed by atoms with Crippen LogP contribution in [0.3, 0.4) is 0 Å². The molecule has 0 radical (unpaired) electrons. The van der Waals surface area contributed by atoms with Gasteiger partial charge in [-0.25, -0.2) is 4.98 Å². The molecule has 128 valence electrons. The number of carbonyl (C=O) groups excluding carboxylic acids is 1. The molecule has 2 heterocycles. The number of carbonyl (C=O) groups is 1. The van der Waals surface area contributed by atoms with E-state index in [0.717, 1.165) is 23.7 Å². The highest BCUT2D eigenvalue weighted by Crippen LogP contribution is 2.30. The van der Waals surface area contributed by atoms with Crippen molar-refractivity contribution < 1.29 is 4.79 Å². The molecule has 1 aliphatic rings. The Balaban J connectivity index is 1.64. The highest BCUT2D eigenvalue weighted by atomic mass is 32.2. The Labute approximate surface area is 147 Å². The van der Waals surface area contributed by atoms with E-state index in [1.807, 2.05) is 29.3 Å². The molecule has 0 bridgehead atoms. The minimum Gasteiger partial charge on any atom is -0.333 e. The van der Waals surface area contributed by atoms with Gasteiger partial charge in [-0.2, -0.15) is 0 Å². The number of amides is 1. The Morgan fingerprint density at radius 2 is 2.08 bits per heavy atom. The van der Waals surface area contributed by atoms with Gasteiger partial charge >= 0.3 is 0 Å². The molecular formula is C18H24N4OS. The first kappa shape index (κ1) is 17.0. The molecule has 2 aromatic rings. The SMILES string of the molecule is CC(C)(C)n1ccnc1SCC(=O)N(Cc1ccccn1)C1CC1. The van der Waals surface area contributed by atoms with Crippen molar-refractivity contribution in [3.05, 3.63) is 42.5 Å². The normalized spacial score (nSPS) is 14.6. The average molecular weight is 344 g/mol. The molecule has 2 aromatic heterocycles. The van der Waals surface area contributed by atoms with E-state index in [9.17, 15) is 4.79 Å². The van der Waals surface area contributed by atoms with Crippen LogP contribution in [0, 0.1) is 0 Å². The third-order valence-electron chi connectivity index (χ3n) is 4.02. The lowest BCUT2D eigenvalue weighted by Crippen LogP contribution is -2.34. The summed E-state index contributed by atoms with van der Waals surface area (Å²) in [6.45, 7) is 7.01. The highest BCUT2D eigenvalue weighted by molar-refractivity contribution is 7.99. The lowest BCUT2D eigenvalue weighted by atomic mass is 10.1. The summed E-state index contributed by atoms with van der Waals surface area (Å²) in [6, 6.07) is 6.21. The quantitative estimate of drug-likeness (QED) is 0.754. The Bertz CT molecular complexity index is 689. The topological polar surface area (TPSA) is 51.0 Å². The fraction of sp³-hybridized carbons (Fsp3) is 0.500. The van der Waals surface area contributed by atoms with Crippen LogP contribution in [0.2, 0.25) is 0 Å². The van der Waals surface area contributed by atoms with E-state index in [1.165, 1.54) is 11.8 Å². The smallest absolute Gasteiger partial charge is 0.233 e. The van der Waals surface area contributed by atoms with Crippen LogP contribution >= 0.6 is 11.8 Å². The van der Waals surface area contributed by atoms with Gasteiger partial charge in [-0.15, -0.1) is 0 Å². The lowest BCUT2D eigenvalue weighted by Gasteiger charge is -2.24. The van der Waals surface area contributed by atoms with Gasteiger partial charge in [-0.05, 0) is 45.7 Å². The molecule has 0 aliphatic heterocycles. The monoisotopic (exact) mass is 344 g/mol. The van der Waals surface area contributed by atoms with Crippen molar-refractivity contribution in [2.24, 2.45) is 0 Å². The molecule has 24 heavy (non-hydrogen) atoms. The molecule has 0 aromatic carbocycles. The van der Waals surface area contributed by atoms with E-state index in [-0.39, 0.29) is 11.4 Å². The zero-order chi connectivity index (χ0) is 17.2. The van der Waals surface area contributed by atoms with Crippen LogP contribution in [-0.2, 0) is 16.9 Å². The number of thioether (sulfide) groups is 1. The zero-order valence-electron chi connectivity index (χ0n) is 14.5. The maximum absolute atomic E-state index is 12.7. The second-order valence-corrected chi connectivity index (χ2v) is 8.06. The number of pyridine rings is 1. The zero-order valence-corrected chi connectivity index (χ0v) is 15.3. The van der Waals surface area contributed by atoms with E-state index in [1.54, 1.807) is 12.4 Å². The maximum Gasteiger partial charge on any atom is 0.233 e. The summed E-state index contributed by atoms with van der Waals surface area (Å²) < 4.78 is 2.12. The summed E-state index contributed by atoms with van der Waals surface area (Å²) in [7, 11) is 0. The van der Waals surface area contributed by atoms with Crippen molar-refractivity contribution in [2.45, 2.75) is 56.9 Å². The molecule has 1 saturated carbocycles. The van der Waals surface area contributed by atoms with Gasteiger partial charge in [0.05, 0.1) is 18.0 Å². The molecular weight excluding hydrogens is 320 g/mol. The predicted octanol–water partition coefficient (Wildman–Crippen LogP) is 3.32. The van der Waals surface area contributed by atoms with E-state index >= 15 is 0 Å². The number of imidazole rings is 1. The highest BCUT2D eigenvalue weighted by Gasteiger charge is 2.33. The second-order valence-electron chi connectivity index (χ2n) is 7.11. The third kappa shape index (κ3) is 4.17. The largest absolute Gasteiger partial charge is 0.333 e. The van der Waals surface area contributed by atoms with Crippen LogP contribution in [0.5, 0.6) is 0 Å². The van der Waals surface area contributed by atoms with E-state index in [0.29, 0.717) is 18.3 Å². The van der Waals surface area contributed by atoms with Gasteiger partial charge in [0.1, 0.15) is 0 Å². The number of hydrogen-bond acceptors (Lipinski definition) is 4. The summed E-state index contributed by atoms with van der Waals surface area (Å²) in [5.74, 6) is 0.577. The lowest BCUT2D eigenvalue weighted by molar-refractivity contribution is -0.129. The van der Waals surface area contributed by atoms with Crippen LogP contribution < -0.4 is 0 Å². The summed E-state index contributed by atoms with van der Waals surface area (Å²) in [6.07, 6.45) is 7.74. The summed E-state index contributed by atoms with van der Waals surface area (Å²) in [5.41, 5.74) is 0.908. The van der Waals surface area contributed by atoms with Crippen LogP contribution in [0.25, 0.3) is 0 Å². The third-order valence-corrected chi connectivity index (χ3v) is 4.97. The summed E-state index contributed by atoms with van der Waals surface area (Å²) >= 11 is 1.51. The van der Waals surface area contributed by atoms with E-state index in [4.69, 9.17) is 0 Å². The van der Waals surface area contributed by atoms with Gasteiger partial charge in [0.2, 0.25) is 5.91 Å². The minimum absolute atomic E-state index is 0.0357. The molecule has 1 fully saturated rings. The molecule has 0 N–H and O–H groups in total. The number of hydrogen-bond donors (Lipinski definition) is 0. The Hall–Kier alpha value is -1.82. The number of rotatable bonds is 6. The molecule has 5 nitrogen and oxygen atoms in total. The van der Waals surface area contributed by atoms with Gasteiger partial charge in [0.15, 0.2) is 5.16 Å². The van der Waals surface area contributed by atoms with Gasteiger partial charge in [0.25, 0.3) is 0 Å². The van der Waals surface area contributed by atoms with Crippen molar-refractivity contribution in [2.75, 3.05) is 5.75 Å². The van der Waals surface area contributed by atoms with Gasteiger partial charge in [-0.3, -0.25) is 9.78 Å². The summed E-state index contributed by atoms with van der Waals surface area (Å²) in [5, 5.41) is 0.893. The Kier molecular flexibility index (Phi) is 4.94. The second kappa shape index (κ2) is 6.97. The molecule has 6 heteroatoms. The molecule has 0 spiro atoms. The first-order valence-electron chi connectivity index (χ1n) is 8.31. The standard InChI is InChI=1S/C18H24N4OS/c1-18(2,3)22-11-10-20-17(22)24-13-16(23)21(15-7-8-15)12-14-6-4-5-9-19-14/h4-6,9-11,15H,7-8,12-13H2,1-3H3. The van der Waals surface area contributed by atoms with Gasteiger partial charge < -0.3 is 9.47 Å². The predicted molar refractivity (Wildman–Crippen MR) is 95.8 cm³/mol. The van der Waals surface area contributed by atoms with Crippen molar-refractivity contribution >= 4 is 17.7 Å². The van der Waals surface area contributed by atoms with Gasteiger partial charge in [0, 0.05) is 30.2 Å². The molecule has 0 saturated heterocycles. The van der Waals surface area contributed by atoms with Crippen LogP contribution in [0.15, 0.2) is 41.9 Å². The molecule has 1 aliphatic carbocycles. The molecule has 3 rings (SSSR count). The maximum atomic E-state index is 12.7. The van der Waals surface area contributed by atoms with Crippen molar-refractivity contribution in [3.8, 4) is 0 Å². The minimum atomic E-state index is -0.0357. The van der Waals surface area contributed by atoms with Crippen molar-refractivity contribution in [1.82, 2.24) is 19.4 Å². The average Bonchev–Trinajstić information content (AvgIpc) is 3.26. The first-order chi connectivity index (χ1) is 11.4. The van der Waals surface area contributed by atoms with Crippen molar-refractivity contribution in [1.29, 1.82) is 0 Å². The van der Waals surface area contributed by atoms with E-state index < -0.39 is 0 Å².